The van der Waals surface area contributed by atoms with Gasteiger partial charge in [-0.3, -0.25) is 0 Å². The van der Waals surface area contributed by atoms with Gasteiger partial charge in [0.2, 0.25) is 6.33 Å². The van der Waals surface area contributed by atoms with Gasteiger partial charge in [0, 0.05) is 0 Å². The molecule has 0 saturated heterocycles. The first kappa shape index (κ1) is 21.7. The number of halogens is 1. The third-order valence-electron chi connectivity index (χ3n) is 4.49. The first-order valence-electron chi connectivity index (χ1n) is 9.23. The van der Waals surface area contributed by atoms with E-state index >= 15 is 0 Å². The minimum atomic E-state index is 0. The first-order valence-corrected chi connectivity index (χ1v) is 9.23. The van der Waals surface area contributed by atoms with E-state index in [1.54, 1.807) is 0 Å². The molecule has 0 aromatic carbocycles. The lowest BCUT2D eigenvalue weighted by Gasteiger charge is -2.10. The van der Waals surface area contributed by atoms with Crippen LogP contribution in [0, 0.1) is 5.92 Å². The molecule has 1 heterocycles. The fourth-order valence-corrected chi connectivity index (χ4v) is 3.03. The van der Waals surface area contributed by atoms with Gasteiger partial charge in [0.25, 0.3) is 0 Å². The van der Waals surface area contributed by atoms with Gasteiger partial charge in [-0.25, -0.2) is 9.13 Å². The molecule has 0 aliphatic carbocycles. The molecule has 0 aliphatic heterocycles. The highest BCUT2D eigenvalue weighted by molar-refractivity contribution is 4.66. The van der Waals surface area contributed by atoms with Crippen LogP contribution >= 0.6 is 0 Å². The Balaban J connectivity index is 0.00000441. The largest absolute Gasteiger partial charge is 1.00 e. The summed E-state index contributed by atoms with van der Waals surface area (Å²) >= 11 is 0. The molecule has 1 aromatic rings. The molecule has 1 aromatic heterocycles. The Morgan fingerprint density at radius 1 is 0.909 bits per heavy atom. The standard InChI is InChI=1S/C19H37N2.BrH/c1-4-5-6-7-8-9-10-11-13-19(2)14-12-15-21-17-16-20(3)18-21;/h16-19H,4-15H2,1-3H3;1H/q+1;/p-1/t19-;/m0./s1. The van der Waals surface area contributed by atoms with Crippen LogP contribution in [0.3, 0.4) is 0 Å². The zero-order valence-electron chi connectivity index (χ0n) is 15.1. The minimum Gasteiger partial charge on any atom is -1.00 e. The van der Waals surface area contributed by atoms with E-state index in [1.807, 2.05) is 0 Å². The number of rotatable bonds is 13. The summed E-state index contributed by atoms with van der Waals surface area (Å²) in [6, 6.07) is 0. The normalized spacial score (nSPS) is 12.1. The number of unbranched alkanes of at least 4 members (excludes halogenated alkanes) is 7. The van der Waals surface area contributed by atoms with Crippen LogP contribution in [-0.2, 0) is 13.6 Å². The van der Waals surface area contributed by atoms with Crippen molar-refractivity contribution in [2.24, 2.45) is 13.0 Å². The van der Waals surface area contributed by atoms with Crippen molar-refractivity contribution in [3.05, 3.63) is 18.7 Å². The fraction of sp³-hybridized carbons (Fsp3) is 0.842. The number of imidazole rings is 1. The van der Waals surface area contributed by atoms with Gasteiger partial charge in [-0.05, 0) is 18.8 Å². The molecule has 2 nitrogen and oxygen atoms in total. The predicted octanol–water partition coefficient (Wildman–Crippen LogP) is 2.26. The van der Waals surface area contributed by atoms with Crippen LogP contribution in [0.1, 0.15) is 84.5 Å². The fourth-order valence-electron chi connectivity index (χ4n) is 3.03. The molecule has 3 heteroatoms. The molecule has 0 aliphatic rings. The van der Waals surface area contributed by atoms with Gasteiger partial charge in [-0.15, -0.1) is 0 Å². The summed E-state index contributed by atoms with van der Waals surface area (Å²) in [7, 11) is 2.08. The van der Waals surface area contributed by atoms with E-state index in [1.165, 1.54) is 77.2 Å². The van der Waals surface area contributed by atoms with E-state index in [2.05, 4.69) is 48.8 Å². The van der Waals surface area contributed by atoms with E-state index < -0.39 is 0 Å². The summed E-state index contributed by atoms with van der Waals surface area (Å²) in [5, 5.41) is 0. The van der Waals surface area contributed by atoms with E-state index in [0.717, 1.165) is 5.92 Å². The van der Waals surface area contributed by atoms with Crippen molar-refractivity contribution in [2.45, 2.75) is 91.0 Å². The Morgan fingerprint density at radius 2 is 1.50 bits per heavy atom. The zero-order chi connectivity index (χ0) is 15.3. The number of aryl methyl sites for hydroxylation is 2. The summed E-state index contributed by atoms with van der Waals surface area (Å²) in [5.41, 5.74) is 0. The number of nitrogens with zero attached hydrogens (tertiary/aromatic N) is 2. The van der Waals surface area contributed by atoms with Crippen molar-refractivity contribution in [1.82, 2.24) is 4.57 Å². The van der Waals surface area contributed by atoms with Gasteiger partial charge in [0.15, 0.2) is 0 Å². The van der Waals surface area contributed by atoms with Crippen molar-refractivity contribution in [3.63, 3.8) is 0 Å². The van der Waals surface area contributed by atoms with Crippen LogP contribution in [-0.4, -0.2) is 4.57 Å². The third-order valence-corrected chi connectivity index (χ3v) is 4.49. The Morgan fingerprint density at radius 3 is 2.09 bits per heavy atom. The van der Waals surface area contributed by atoms with Gasteiger partial charge in [0.1, 0.15) is 12.4 Å². The van der Waals surface area contributed by atoms with Gasteiger partial charge in [-0.2, -0.15) is 0 Å². The van der Waals surface area contributed by atoms with Gasteiger partial charge < -0.3 is 17.0 Å². The molecule has 1 rings (SSSR count). The van der Waals surface area contributed by atoms with Gasteiger partial charge in [0.05, 0.1) is 13.6 Å². The lowest BCUT2D eigenvalue weighted by Crippen LogP contribution is -3.00. The maximum Gasteiger partial charge on any atom is 0.243 e. The average molecular weight is 373 g/mol. The molecule has 0 amide bonds. The molecular formula is C19H37BrN2. The van der Waals surface area contributed by atoms with Crippen LogP contribution < -0.4 is 21.5 Å². The Hall–Kier alpha value is -0.310. The smallest absolute Gasteiger partial charge is 0.243 e. The first-order chi connectivity index (χ1) is 10.2. The molecule has 22 heavy (non-hydrogen) atoms. The average Bonchev–Trinajstić information content (AvgIpc) is 2.87. The molecular weight excluding hydrogens is 336 g/mol. The third kappa shape index (κ3) is 11.3. The Bertz CT molecular complexity index is 349. The van der Waals surface area contributed by atoms with E-state index in [0.29, 0.717) is 0 Å². The second kappa shape index (κ2) is 14.3. The highest BCUT2D eigenvalue weighted by Gasteiger charge is 2.04. The van der Waals surface area contributed by atoms with Gasteiger partial charge in [-0.1, -0.05) is 71.6 Å². The van der Waals surface area contributed by atoms with Crippen molar-refractivity contribution in [2.75, 3.05) is 0 Å². The van der Waals surface area contributed by atoms with Crippen molar-refractivity contribution < 1.29 is 21.5 Å². The van der Waals surface area contributed by atoms with Crippen molar-refractivity contribution >= 4 is 0 Å². The van der Waals surface area contributed by atoms with Crippen LogP contribution in [0.15, 0.2) is 18.7 Å². The number of aromatic nitrogens is 2. The van der Waals surface area contributed by atoms with Crippen LogP contribution in [0.4, 0.5) is 0 Å². The molecule has 0 saturated carbocycles. The maximum atomic E-state index is 2.43. The SMILES string of the molecule is CCCCCCCCCC[C@H](C)CCCn1cc[n+](C)c1.[Br-]. The highest BCUT2D eigenvalue weighted by atomic mass is 79.9. The topological polar surface area (TPSA) is 8.81 Å². The second-order valence-corrected chi connectivity index (χ2v) is 6.83. The molecule has 0 fully saturated rings. The maximum absolute atomic E-state index is 2.43. The monoisotopic (exact) mass is 372 g/mol. The number of hydrogen-bond acceptors (Lipinski definition) is 0. The quantitative estimate of drug-likeness (QED) is 0.371. The molecule has 0 radical (unpaired) electrons. The van der Waals surface area contributed by atoms with E-state index in [-0.39, 0.29) is 17.0 Å². The van der Waals surface area contributed by atoms with Crippen LogP contribution in [0.5, 0.6) is 0 Å². The van der Waals surface area contributed by atoms with Crippen molar-refractivity contribution in [1.29, 1.82) is 0 Å². The molecule has 1 atom stereocenters. The van der Waals surface area contributed by atoms with Crippen molar-refractivity contribution in [3.8, 4) is 0 Å². The Kier molecular flexibility index (Phi) is 14.1. The zero-order valence-corrected chi connectivity index (χ0v) is 16.7. The summed E-state index contributed by atoms with van der Waals surface area (Å²) < 4.78 is 4.41. The summed E-state index contributed by atoms with van der Waals surface area (Å²) in [6.45, 7) is 5.89. The van der Waals surface area contributed by atoms with E-state index in [9.17, 15) is 0 Å². The summed E-state index contributed by atoms with van der Waals surface area (Å²) in [5.74, 6) is 0.898. The highest BCUT2D eigenvalue weighted by Crippen LogP contribution is 2.17. The van der Waals surface area contributed by atoms with E-state index in [4.69, 9.17) is 0 Å². The minimum absolute atomic E-state index is 0. The van der Waals surface area contributed by atoms with Crippen LogP contribution in [0.2, 0.25) is 0 Å². The van der Waals surface area contributed by atoms with Gasteiger partial charge >= 0.3 is 0 Å². The number of hydrogen-bond donors (Lipinski definition) is 0. The lowest BCUT2D eigenvalue weighted by molar-refractivity contribution is -0.671. The predicted molar refractivity (Wildman–Crippen MR) is 91.2 cm³/mol. The molecule has 0 unspecified atom stereocenters. The molecule has 130 valence electrons. The summed E-state index contributed by atoms with van der Waals surface area (Å²) in [4.78, 5) is 0. The Labute approximate surface area is 149 Å². The molecule has 0 bridgehead atoms. The molecule has 0 spiro atoms. The lowest BCUT2D eigenvalue weighted by atomic mass is 9.97. The molecule has 0 N–H and O–H groups in total. The van der Waals surface area contributed by atoms with Crippen LogP contribution in [0.25, 0.3) is 0 Å². The second-order valence-electron chi connectivity index (χ2n) is 6.83. The summed E-state index contributed by atoms with van der Waals surface area (Å²) in [6.07, 6.45) is 22.1.